The van der Waals surface area contributed by atoms with Crippen LogP contribution in [0, 0.1) is 3.57 Å². The Morgan fingerprint density at radius 3 is 2.70 bits per heavy atom. The quantitative estimate of drug-likeness (QED) is 0.383. The Morgan fingerprint density at radius 2 is 2.00 bits per heavy atom. The minimum atomic E-state index is -0.788. The van der Waals surface area contributed by atoms with E-state index in [9.17, 15) is 14.7 Å². The van der Waals surface area contributed by atoms with Crippen LogP contribution in [-0.2, 0) is 16.0 Å². The molecule has 0 saturated carbocycles. The standard InChI is InChI=1S/C23H21IN2O4/c1-14(23(29)30-2)26-22(28)19-7-3-6-18(15-5-4-10-25-13-15)20(19)12-16-11-17(24)8-9-21(16)27/h3-11,13-14,27H,12H2,1-2H3,(H,26,28). The van der Waals surface area contributed by atoms with Crippen LogP contribution in [0.1, 0.15) is 28.4 Å². The molecule has 3 aromatic rings. The third-order valence-corrected chi connectivity index (χ3v) is 5.38. The third-order valence-electron chi connectivity index (χ3n) is 4.70. The molecule has 0 saturated heterocycles. The first-order valence-electron chi connectivity index (χ1n) is 9.29. The summed E-state index contributed by atoms with van der Waals surface area (Å²) in [6, 6.07) is 13.7. The Balaban J connectivity index is 2.09. The van der Waals surface area contributed by atoms with Gasteiger partial charge in [-0.25, -0.2) is 4.79 Å². The monoisotopic (exact) mass is 516 g/mol. The molecule has 0 fully saturated rings. The number of phenolic OH excluding ortho intramolecular Hbond substituents is 1. The molecule has 0 aliphatic carbocycles. The van der Waals surface area contributed by atoms with Gasteiger partial charge >= 0.3 is 5.97 Å². The molecule has 0 aliphatic rings. The smallest absolute Gasteiger partial charge is 0.328 e. The van der Waals surface area contributed by atoms with E-state index in [0.717, 1.165) is 20.3 Å². The van der Waals surface area contributed by atoms with Crippen LogP contribution in [-0.4, -0.2) is 35.1 Å². The van der Waals surface area contributed by atoms with Crippen molar-refractivity contribution in [1.29, 1.82) is 0 Å². The van der Waals surface area contributed by atoms with Crippen LogP contribution in [0.15, 0.2) is 60.9 Å². The van der Waals surface area contributed by atoms with Gasteiger partial charge in [-0.3, -0.25) is 9.78 Å². The number of pyridine rings is 1. The molecule has 7 heteroatoms. The maximum atomic E-state index is 13.0. The number of ether oxygens (including phenoxy) is 1. The Bertz CT molecular complexity index is 1070. The number of rotatable bonds is 6. The maximum absolute atomic E-state index is 13.0. The van der Waals surface area contributed by atoms with E-state index in [2.05, 4.69) is 32.9 Å². The van der Waals surface area contributed by atoms with Gasteiger partial charge in [-0.2, -0.15) is 0 Å². The van der Waals surface area contributed by atoms with E-state index in [1.165, 1.54) is 7.11 Å². The number of methoxy groups -OCH3 is 1. The zero-order valence-electron chi connectivity index (χ0n) is 16.6. The van der Waals surface area contributed by atoms with Gasteiger partial charge in [0.25, 0.3) is 5.91 Å². The predicted octanol–water partition coefficient (Wildman–Crippen LogP) is 3.94. The molecule has 1 unspecified atom stereocenters. The van der Waals surface area contributed by atoms with E-state index >= 15 is 0 Å². The molecule has 30 heavy (non-hydrogen) atoms. The fourth-order valence-corrected chi connectivity index (χ4v) is 3.73. The highest BCUT2D eigenvalue weighted by Gasteiger charge is 2.21. The summed E-state index contributed by atoms with van der Waals surface area (Å²) in [4.78, 5) is 29.0. The second kappa shape index (κ2) is 9.71. The first kappa shape index (κ1) is 21.8. The summed E-state index contributed by atoms with van der Waals surface area (Å²) >= 11 is 2.18. The second-order valence-electron chi connectivity index (χ2n) is 6.74. The molecule has 1 atom stereocenters. The number of amides is 1. The van der Waals surface area contributed by atoms with Crippen molar-refractivity contribution in [2.45, 2.75) is 19.4 Å². The number of phenols is 1. The second-order valence-corrected chi connectivity index (χ2v) is 7.99. The van der Waals surface area contributed by atoms with E-state index in [4.69, 9.17) is 4.74 Å². The van der Waals surface area contributed by atoms with Gasteiger partial charge in [0, 0.05) is 33.5 Å². The van der Waals surface area contributed by atoms with Gasteiger partial charge in [0.15, 0.2) is 0 Å². The molecule has 6 nitrogen and oxygen atoms in total. The maximum Gasteiger partial charge on any atom is 0.328 e. The number of aromatic nitrogens is 1. The number of hydrogen-bond donors (Lipinski definition) is 2. The van der Waals surface area contributed by atoms with Crippen molar-refractivity contribution < 1.29 is 19.4 Å². The van der Waals surface area contributed by atoms with Crippen LogP contribution >= 0.6 is 22.6 Å². The minimum Gasteiger partial charge on any atom is -0.508 e. The molecule has 0 bridgehead atoms. The summed E-state index contributed by atoms with van der Waals surface area (Å²) in [5.74, 6) is -0.756. The normalized spacial score (nSPS) is 11.6. The Hall–Kier alpha value is -2.94. The number of hydrogen-bond acceptors (Lipinski definition) is 5. The van der Waals surface area contributed by atoms with Crippen molar-refractivity contribution in [1.82, 2.24) is 10.3 Å². The topological polar surface area (TPSA) is 88.5 Å². The minimum absolute atomic E-state index is 0.158. The van der Waals surface area contributed by atoms with Gasteiger partial charge < -0.3 is 15.2 Å². The number of halogens is 1. The third kappa shape index (κ3) is 4.96. The van der Waals surface area contributed by atoms with Crippen molar-refractivity contribution in [2.24, 2.45) is 0 Å². The van der Waals surface area contributed by atoms with Crippen molar-refractivity contribution >= 4 is 34.5 Å². The molecule has 2 aromatic carbocycles. The lowest BCUT2D eigenvalue weighted by atomic mass is 9.91. The summed E-state index contributed by atoms with van der Waals surface area (Å²) in [6.45, 7) is 1.57. The zero-order valence-corrected chi connectivity index (χ0v) is 18.7. The number of nitrogens with one attached hydrogen (secondary N) is 1. The molecule has 1 aromatic heterocycles. The molecule has 0 radical (unpaired) electrons. The van der Waals surface area contributed by atoms with Gasteiger partial charge in [0.05, 0.1) is 7.11 Å². The van der Waals surface area contributed by atoms with Crippen molar-refractivity contribution in [3.8, 4) is 16.9 Å². The number of benzene rings is 2. The largest absolute Gasteiger partial charge is 0.508 e. The molecular formula is C23H21IN2O4. The Kier molecular flexibility index (Phi) is 7.04. The highest BCUT2D eigenvalue weighted by Crippen LogP contribution is 2.31. The van der Waals surface area contributed by atoms with Gasteiger partial charge in [-0.15, -0.1) is 0 Å². The fraction of sp³-hybridized carbons (Fsp3) is 0.174. The first-order valence-corrected chi connectivity index (χ1v) is 10.4. The highest BCUT2D eigenvalue weighted by molar-refractivity contribution is 14.1. The van der Waals surface area contributed by atoms with E-state index in [-0.39, 0.29) is 5.75 Å². The van der Waals surface area contributed by atoms with Crippen LogP contribution < -0.4 is 5.32 Å². The lowest BCUT2D eigenvalue weighted by molar-refractivity contribution is -0.142. The van der Waals surface area contributed by atoms with Gasteiger partial charge in [0.2, 0.25) is 0 Å². The van der Waals surface area contributed by atoms with Crippen molar-refractivity contribution in [3.63, 3.8) is 0 Å². The molecule has 0 spiro atoms. The number of esters is 1. The average Bonchev–Trinajstić information content (AvgIpc) is 2.76. The fourth-order valence-electron chi connectivity index (χ4n) is 3.18. The molecule has 1 amide bonds. The summed E-state index contributed by atoms with van der Waals surface area (Å²) < 4.78 is 5.68. The predicted molar refractivity (Wildman–Crippen MR) is 122 cm³/mol. The van der Waals surface area contributed by atoms with Crippen molar-refractivity contribution in [3.05, 3.63) is 81.2 Å². The molecule has 2 N–H and O–H groups in total. The molecular weight excluding hydrogens is 495 g/mol. The molecule has 154 valence electrons. The van der Waals surface area contributed by atoms with E-state index < -0.39 is 17.9 Å². The summed E-state index contributed by atoms with van der Waals surface area (Å²) in [5, 5.41) is 13.0. The lowest BCUT2D eigenvalue weighted by Gasteiger charge is -2.18. The summed E-state index contributed by atoms with van der Waals surface area (Å²) in [5.41, 5.74) is 3.55. The summed E-state index contributed by atoms with van der Waals surface area (Å²) in [7, 11) is 1.28. The number of aromatic hydroxyl groups is 1. The van der Waals surface area contributed by atoms with Gasteiger partial charge in [-0.05, 0) is 76.5 Å². The Labute approximate surface area is 188 Å². The van der Waals surface area contributed by atoms with Crippen molar-refractivity contribution in [2.75, 3.05) is 7.11 Å². The van der Waals surface area contributed by atoms with E-state index in [1.807, 2.05) is 30.3 Å². The molecule has 1 heterocycles. The van der Waals surface area contributed by atoms with Crippen LogP contribution in [0.3, 0.4) is 0 Å². The number of carbonyl (C=O) groups excluding carboxylic acids is 2. The zero-order chi connectivity index (χ0) is 21.7. The highest BCUT2D eigenvalue weighted by atomic mass is 127. The Morgan fingerprint density at radius 1 is 1.20 bits per heavy atom. The SMILES string of the molecule is COC(=O)C(C)NC(=O)c1cccc(-c2cccnc2)c1Cc1cc(I)ccc1O. The lowest BCUT2D eigenvalue weighted by Crippen LogP contribution is -2.39. The van der Waals surface area contributed by atoms with Crippen LogP contribution in [0.2, 0.25) is 0 Å². The first-order chi connectivity index (χ1) is 14.4. The van der Waals surface area contributed by atoms with Gasteiger partial charge in [-0.1, -0.05) is 18.2 Å². The number of carbonyl (C=O) groups is 2. The van der Waals surface area contributed by atoms with E-state index in [1.54, 1.807) is 37.5 Å². The summed E-state index contributed by atoms with van der Waals surface area (Å²) in [6.07, 6.45) is 3.75. The van der Waals surface area contributed by atoms with E-state index in [0.29, 0.717) is 17.5 Å². The van der Waals surface area contributed by atoms with Crippen LogP contribution in [0.5, 0.6) is 5.75 Å². The molecule has 0 aliphatic heterocycles. The van der Waals surface area contributed by atoms with Crippen LogP contribution in [0.4, 0.5) is 0 Å². The average molecular weight is 516 g/mol. The van der Waals surface area contributed by atoms with Crippen LogP contribution in [0.25, 0.3) is 11.1 Å². The van der Waals surface area contributed by atoms with Gasteiger partial charge in [0.1, 0.15) is 11.8 Å². The molecule has 3 rings (SSSR count). The number of nitrogens with zero attached hydrogens (tertiary/aromatic N) is 1.